The molecule has 1 aliphatic heterocycles. The molecule has 0 bridgehead atoms. The molecule has 0 unspecified atom stereocenters. The Morgan fingerprint density at radius 1 is 1.22 bits per heavy atom. The molecule has 1 saturated heterocycles. The van der Waals surface area contributed by atoms with Gasteiger partial charge in [-0.2, -0.15) is 13.2 Å². The van der Waals surface area contributed by atoms with Crippen LogP contribution in [-0.2, 0) is 9.53 Å². The lowest BCUT2D eigenvalue weighted by molar-refractivity contribution is -0.192. The number of nitrogens with zero attached hydrogens (tertiary/aromatic N) is 1. The van der Waals surface area contributed by atoms with E-state index in [0.717, 1.165) is 31.5 Å². The van der Waals surface area contributed by atoms with E-state index in [1.807, 2.05) is 19.1 Å². The van der Waals surface area contributed by atoms with Crippen molar-refractivity contribution >= 4 is 33.7 Å². The molecule has 2 rings (SSSR count). The number of nitrogens with one attached hydrogen (secondary N) is 1. The predicted octanol–water partition coefficient (Wildman–Crippen LogP) is 3.68. The van der Waals surface area contributed by atoms with Crippen molar-refractivity contribution in [2.24, 2.45) is 0 Å². The topological polar surface area (TPSA) is 90.7 Å². The quantitative estimate of drug-likeness (QED) is 0.314. The number of amidine groups is 1. The summed E-state index contributed by atoms with van der Waals surface area (Å²) in [5.74, 6) is -2.54. The average molecular weight is 453 g/mol. The average Bonchev–Trinajstić information content (AvgIpc) is 3.15. The first-order valence-corrected chi connectivity index (χ1v) is 9.19. The van der Waals surface area contributed by atoms with Crippen LogP contribution in [0.4, 0.5) is 13.2 Å². The molecule has 1 aliphatic rings. The van der Waals surface area contributed by atoms with Gasteiger partial charge in [0.05, 0.1) is 5.56 Å². The maximum absolute atomic E-state index is 11.8. The highest BCUT2D eigenvalue weighted by Crippen LogP contribution is 2.15. The van der Waals surface area contributed by atoms with Gasteiger partial charge in [-0.1, -0.05) is 28.1 Å². The molecule has 1 aromatic rings. The van der Waals surface area contributed by atoms with Crippen LogP contribution in [0.2, 0.25) is 0 Å². The van der Waals surface area contributed by atoms with Crippen LogP contribution in [0.1, 0.15) is 35.7 Å². The lowest BCUT2D eigenvalue weighted by atomic mass is 10.1. The molecule has 0 spiro atoms. The number of carbonyl (C=O) groups excluding carboxylic acids is 1. The minimum atomic E-state index is -5.08. The zero-order chi connectivity index (χ0) is 20.6. The van der Waals surface area contributed by atoms with Gasteiger partial charge in [0.1, 0.15) is 11.9 Å². The first kappa shape index (κ1) is 22.9. The summed E-state index contributed by atoms with van der Waals surface area (Å²) in [6.07, 6.45) is -2.93. The van der Waals surface area contributed by atoms with E-state index in [4.69, 9.17) is 20.0 Å². The number of hydrogen-bond acceptors (Lipinski definition) is 4. The molecular formula is C17H20BrF3N2O4. The largest absolute Gasteiger partial charge is 0.490 e. The third-order valence-electron chi connectivity index (χ3n) is 3.58. The number of ether oxygens (including phenoxy) is 1. The molecule has 1 atom stereocenters. The minimum Gasteiger partial charge on any atom is -0.475 e. The number of rotatable bonds is 4. The van der Waals surface area contributed by atoms with Gasteiger partial charge in [-0.05, 0) is 31.9 Å². The highest BCUT2D eigenvalue weighted by atomic mass is 79.9. The van der Waals surface area contributed by atoms with Crippen molar-refractivity contribution in [2.75, 3.05) is 18.4 Å². The van der Waals surface area contributed by atoms with Crippen molar-refractivity contribution < 1.29 is 32.6 Å². The Hall–Kier alpha value is -2.10. The van der Waals surface area contributed by atoms with Gasteiger partial charge >= 0.3 is 18.1 Å². The van der Waals surface area contributed by atoms with E-state index in [2.05, 4.69) is 20.8 Å². The lowest BCUT2D eigenvalue weighted by Crippen LogP contribution is -2.27. The second kappa shape index (κ2) is 10.3. The molecule has 150 valence electrons. The van der Waals surface area contributed by atoms with E-state index in [1.54, 1.807) is 12.1 Å². The van der Waals surface area contributed by atoms with E-state index in [0.29, 0.717) is 16.7 Å². The Kier molecular flexibility index (Phi) is 8.74. The van der Waals surface area contributed by atoms with Crippen LogP contribution < -0.4 is 0 Å². The molecule has 0 radical (unpaired) electrons. The minimum absolute atomic E-state index is 0.148. The van der Waals surface area contributed by atoms with Crippen molar-refractivity contribution in [3.05, 3.63) is 35.4 Å². The van der Waals surface area contributed by atoms with Crippen LogP contribution in [-0.4, -0.2) is 58.5 Å². The van der Waals surface area contributed by atoms with Crippen LogP contribution >= 0.6 is 15.9 Å². The number of carbonyl (C=O) groups is 2. The summed E-state index contributed by atoms with van der Waals surface area (Å²) in [7, 11) is 0. The van der Waals surface area contributed by atoms with Crippen molar-refractivity contribution in [2.45, 2.75) is 32.0 Å². The van der Waals surface area contributed by atoms with Gasteiger partial charge in [-0.25, -0.2) is 9.59 Å². The highest BCUT2D eigenvalue weighted by Gasteiger charge is 2.38. The lowest BCUT2D eigenvalue weighted by Gasteiger charge is -2.18. The number of esters is 1. The maximum atomic E-state index is 11.8. The molecule has 6 nitrogen and oxygen atoms in total. The normalized spacial score (nSPS) is 14.8. The zero-order valence-electron chi connectivity index (χ0n) is 14.6. The highest BCUT2D eigenvalue weighted by molar-refractivity contribution is 9.09. The van der Waals surface area contributed by atoms with E-state index in [1.165, 1.54) is 0 Å². The monoisotopic (exact) mass is 452 g/mol. The third kappa shape index (κ3) is 7.58. The van der Waals surface area contributed by atoms with Crippen LogP contribution in [0.5, 0.6) is 0 Å². The number of carboxylic acids is 1. The molecule has 2 N–H and O–H groups in total. The van der Waals surface area contributed by atoms with Gasteiger partial charge in [0.2, 0.25) is 0 Å². The Balaban J connectivity index is 0.000000445. The number of likely N-dealkylation sites (tertiary alicyclic amines) is 1. The van der Waals surface area contributed by atoms with Crippen LogP contribution in [0, 0.1) is 5.41 Å². The summed E-state index contributed by atoms with van der Waals surface area (Å²) in [6, 6.07) is 7.08. The van der Waals surface area contributed by atoms with Gasteiger partial charge in [-0.3, -0.25) is 5.41 Å². The molecule has 1 aromatic carbocycles. The van der Waals surface area contributed by atoms with Gasteiger partial charge in [0, 0.05) is 24.0 Å². The summed E-state index contributed by atoms with van der Waals surface area (Å²) < 4.78 is 37.0. The van der Waals surface area contributed by atoms with E-state index in [-0.39, 0.29) is 12.1 Å². The number of hydrogen-bond donors (Lipinski definition) is 2. The van der Waals surface area contributed by atoms with Crippen LogP contribution in [0.25, 0.3) is 0 Å². The van der Waals surface area contributed by atoms with E-state index in [9.17, 15) is 18.0 Å². The molecule has 1 heterocycles. The van der Waals surface area contributed by atoms with Gasteiger partial charge < -0.3 is 14.7 Å². The van der Waals surface area contributed by atoms with Crippen LogP contribution in [0.3, 0.4) is 0 Å². The zero-order valence-corrected chi connectivity index (χ0v) is 16.1. The van der Waals surface area contributed by atoms with Crippen LogP contribution in [0.15, 0.2) is 24.3 Å². The molecule has 27 heavy (non-hydrogen) atoms. The van der Waals surface area contributed by atoms with Crippen molar-refractivity contribution in [1.82, 2.24) is 4.90 Å². The predicted molar refractivity (Wildman–Crippen MR) is 96.4 cm³/mol. The fourth-order valence-corrected chi connectivity index (χ4v) is 2.30. The van der Waals surface area contributed by atoms with Crippen molar-refractivity contribution in [1.29, 1.82) is 5.41 Å². The van der Waals surface area contributed by atoms with E-state index >= 15 is 0 Å². The first-order chi connectivity index (χ1) is 12.6. The van der Waals surface area contributed by atoms with Crippen molar-refractivity contribution in [3.63, 3.8) is 0 Å². The second-order valence-electron chi connectivity index (χ2n) is 5.79. The first-order valence-electron chi connectivity index (χ1n) is 8.07. The molecular weight excluding hydrogens is 433 g/mol. The fourth-order valence-electron chi connectivity index (χ4n) is 2.17. The maximum Gasteiger partial charge on any atom is 0.490 e. The Morgan fingerprint density at radius 2 is 1.67 bits per heavy atom. The number of carboxylic acid groups (broad SMARTS) is 1. The standard InChI is InChI=1S/C15H19BrN2O2.C2HF3O2/c1-11(10-16)20-15(19)13-6-4-12(5-7-13)14(17)18-8-2-3-9-18;3-2(4,5)1(6)7/h4-7,11,17H,2-3,8-10H2,1H3;(H,6,7)/t11-;/m1./s1. The smallest absolute Gasteiger partial charge is 0.475 e. The molecule has 10 heteroatoms. The Labute approximate surface area is 162 Å². The summed E-state index contributed by atoms with van der Waals surface area (Å²) in [5, 5.41) is 15.9. The Morgan fingerprint density at radius 3 is 2.07 bits per heavy atom. The van der Waals surface area contributed by atoms with Gasteiger partial charge in [0.25, 0.3) is 0 Å². The van der Waals surface area contributed by atoms with E-state index < -0.39 is 12.1 Å². The number of aliphatic carboxylic acids is 1. The number of benzene rings is 1. The summed E-state index contributed by atoms with van der Waals surface area (Å²) in [5.41, 5.74) is 1.37. The molecule has 0 amide bonds. The summed E-state index contributed by atoms with van der Waals surface area (Å²) in [6.45, 7) is 3.74. The second-order valence-corrected chi connectivity index (χ2v) is 6.44. The molecule has 0 aliphatic carbocycles. The van der Waals surface area contributed by atoms with Gasteiger partial charge in [-0.15, -0.1) is 0 Å². The third-order valence-corrected chi connectivity index (χ3v) is 4.50. The Bertz CT molecular complexity index is 659. The summed E-state index contributed by atoms with van der Waals surface area (Å²) >= 11 is 3.27. The fraction of sp³-hybridized carbons (Fsp3) is 0.471. The molecule has 0 aromatic heterocycles. The molecule has 0 saturated carbocycles. The number of halogens is 4. The van der Waals surface area contributed by atoms with Gasteiger partial charge in [0.15, 0.2) is 0 Å². The number of alkyl halides is 4. The summed E-state index contributed by atoms with van der Waals surface area (Å²) in [4.78, 5) is 22.8. The molecule has 1 fully saturated rings. The SMILES string of the molecule is C[C@H](CBr)OC(=O)c1ccc(C(=N)N2CCCC2)cc1.O=C(O)C(F)(F)F. The van der Waals surface area contributed by atoms with Crippen molar-refractivity contribution in [3.8, 4) is 0 Å².